The van der Waals surface area contributed by atoms with Gasteiger partial charge in [-0.05, 0) is 18.3 Å². The predicted octanol–water partition coefficient (Wildman–Crippen LogP) is 1.50. The lowest BCUT2D eigenvalue weighted by molar-refractivity contribution is 0.0921. The van der Waals surface area contributed by atoms with Crippen LogP contribution in [0.4, 0.5) is 4.39 Å². The zero-order chi connectivity index (χ0) is 11.5. The Bertz CT molecular complexity index is 488. The minimum Gasteiger partial charge on any atom is -0.349 e. The maximum Gasteiger partial charge on any atom is 0.271 e. The highest BCUT2D eigenvalue weighted by Crippen LogP contribution is 2.40. The molecule has 3 rings (SSSR count). The standard InChI is InChI=1S/C12H15FN2O/c1-12(2)5-7-8(6-12)15-4-3-14-11(16)10(15)9(7)13/h3-6H2,1-2H3,(H,14,16). The van der Waals surface area contributed by atoms with Crippen LogP contribution >= 0.6 is 0 Å². The number of carbonyl (C=O) groups excluding carboxylic acids is 1. The van der Waals surface area contributed by atoms with Gasteiger partial charge in [0, 0.05) is 24.3 Å². The minimum atomic E-state index is -0.294. The van der Waals surface area contributed by atoms with Gasteiger partial charge in [0.2, 0.25) is 0 Å². The van der Waals surface area contributed by atoms with Gasteiger partial charge in [0.1, 0.15) is 5.69 Å². The van der Waals surface area contributed by atoms with Crippen LogP contribution in [0.15, 0.2) is 0 Å². The molecule has 0 atom stereocenters. The van der Waals surface area contributed by atoms with Gasteiger partial charge in [-0.1, -0.05) is 13.8 Å². The second-order valence-electron chi connectivity index (χ2n) is 5.51. The quantitative estimate of drug-likeness (QED) is 0.709. The zero-order valence-corrected chi connectivity index (χ0v) is 9.56. The van der Waals surface area contributed by atoms with Crippen molar-refractivity contribution in [2.24, 2.45) is 5.41 Å². The van der Waals surface area contributed by atoms with E-state index in [9.17, 15) is 9.18 Å². The third kappa shape index (κ3) is 1.16. The summed E-state index contributed by atoms with van der Waals surface area (Å²) in [5.74, 6) is -0.561. The van der Waals surface area contributed by atoms with Crippen molar-refractivity contribution >= 4 is 5.91 Å². The van der Waals surface area contributed by atoms with Gasteiger partial charge >= 0.3 is 0 Å². The second kappa shape index (κ2) is 2.87. The number of hydrogen-bond acceptors (Lipinski definition) is 1. The number of halogens is 1. The average molecular weight is 222 g/mol. The summed E-state index contributed by atoms with van der Waals surface area (Å²) in [6.45, 7) is 5.58. The number of carbonyl (C=O) groups is 1. The number of aromatic nitrogens is 1. The molecule has 0 spiro atoms. The van der Waals surface area contributed by atoms with E-state index in [4.69, 9.17) is 0 Å². The van der Waals surface area contributed by atoms with Crippen molar-refractivity contribution in [3.63, 3.8) is 0 Å². The van der Waals surface area contributed by atoms with E-state index in [1.54, 1.807) is 0 Å². The molecule has 0 fully saturated rings. The summed E-state index contributed by atoms with van der Waals surface area (Å²) in [4.78, 5) is 11.6. The molecule has 1 aromatic rings. The molecule has 0 bridgehead atoms. The van der Waals surface area contributed by atoms with Crippen LogP contribution in [0.25, 0.3) is 0 Å². The second-order valence-corrected chi connectivity index (χ2v) is 5.51. The van der Waals surface area contributed by atoms with Crippen LogP contribution in [0.1, 0.15) is 35.6 Å². The zero-order valence-electron chi connectivity index (χ0n) is 9.56. The summed E-state index contributed by atoms with van der Waals surface area (Å²) in [6.07, 6.45) is 1.61. The van der Waals surface area contributed by atoms with Crippen LogP contribution in [0.5, 0.6) is 0 Å². The number of nitrogens with one attached hydrogen (secondary N) is 1. The molecule has 0 saturated heterocycles. The topological polar surface area (TPSA) is 34.0 Å². The number of fused-ring (bicyclic) bond motifs is 3. The molecule has 0 radical (unpaired) electrons. The summed E-state index contributed by atoms with van der Waals surface area (Å²) in [6, 6.07) is 0. The smallest absolute Gasteiger partial charge is 0.271 e. The van der Waals surface area contributed by atoms with Crippen LogP contribution in [0, 0.1) is 11.2 Å². The molecule has 1 amide bonds. The first-order valence-electron chi connectivity index (χ1n) is 5.67. The third-order valence-corrected chi connectivity index (χ3v) is 3.55. The lowest BCUT2D eigenvalue weighted by Gasteiger charge is -2.21. The molecule has 0 aromatic carbocycles. The molecule has 86 valence electrons. The van der Waals surface area contributed by atoms with Crippen LogP contribution in [0.3, 0.4) is 0 Å². The molecule has 1 aliphatic carbocycles. The Balaban J connectivity index is 2.19. The normalized spacial score (nSPS) is 21.6. The number of amides is 1. The lowest BCUT2D eigenvalue weighted by atomic mass is 9.90. The highest BCUT2D eigenvalue weighted by atomic mass is 19.1. The molecule has 1 aromatic heterocycles. The van der Waals surface area contributed by atoms with Gasteiger partial charge in [0.15, 0.2) is 5.82 Å². The highest BCUT2D eigenvalue weighted by molar-refractivity contribution is 5.94. The fraction of sp³-hybridized carbons (Fsp3) is 0.583. The first kappa shape index (κ1) is 9.87. The van der Waals surface area contributed by atoms with Gasteiger partial charge in [-0.3, -0.25) is 4.79 Å². The molecular weight excluding hydrogens is 207 g/mol. The molecule has 0 saturated carbocycles. The average Bonchev–Trinajstić information content (AvgIpc) is 2.63. The molecular formula is C12H15FN2O. The van der Waals surface area contributed by atoms with Crippen molar-refractivity contribution in [3.05, 3.63) is 22.8 Å². The molecule has 4 heteroatoms. The van der Waals surface area contributed by atoms with E-state index in [0.717, 1.165) is 24.1 Å². The van der Waals surface area contributed by atoms with Gasteiger partial charge in [0.05, 0.1) is 0 Å². The highest BCUT2D eigenvalue weighted by Gasteiger charge is 2.38. The number of rotatable bonds is 0. The van der Waals surface area contributed by atoms with Crippen molar-refractivity contribution in [3.8, 4) is 0 Å². The summed E-state index contributed by atoms with van der Waals surface area (Å²) in [7, 11) is 0. The first-order chi connectivity index (χ1) is 7.49. The molecule has 2 aliphatic rings. The molecule has 3 nitrogen and oxygen atoms in total. The van der Waals surface area contributed by atoms with E-state index in [1.807, 2.05) is 4.57 Å². The molecule has 2 heterocycles. The fourth-order valence-electron chi connectivity index (χ4n) is 2.90. The molecule has 1 N–H and O–H groups in total. The van der Waals surface area contributed by atoms with Gasteiger partial charge in [-0.15, -0.1) is 0 Å². The Morgan fingerprint density at radius 1 is 1.38 bits per heavy atom. The van der Waals surface area contributed by atoms with E-state index in [-0.39, 0.29) is 22.8 Å². The van der Waals surface area contributed by atoms with Gasteiger partial charge in [-0.25, -0.2) is 4.39 Å². The van der Waals surface area contributed by atoms with E-state index in [0.29, 0.717) is 13.1 Å². The summed E-state index contributed by atoms with van der Waals surface area (Å²) < 4.78 is 16.0. The maximum atomic E-state index is 14.1. The third-order valence-electron chi connectivity index (χ3n) is 3.55. The summed E-state index contributed by atoms with van der Waals surface area (Å²) >= 11 is 0. The molecule has 1 aliphatic heterocycles. The van der Waals surface area contributed by atoms with Crippen LogP contribution in [-0.2, 0) is 19.4 Å². The fourth-order valence-corrected chi connectivity index (χ4v) is 2.90. The van der Waals surface area contributed by atoms with Crippen molar-refractivity contribution in [1.82, 2.24) is 9.88 Å². The van der Waals surface area contributed by atoms with Crippen molar-refractivity contribution in [1.29, 1.82) is 0 Å². The van der Waals surface area contributed by atoms with Crippen LogP contribution in [-0.4, -0.2) is 17.0 Å². The van der Waals surface area contributed by atoms with E-state index in [1.165, 1.54) is 0 Å². The number of hydrogen-bond donors (Lipinski definition) is 1. The van der Waals surface area contributed by atoms with Crippen molar-refractivity contribution < 1.29 is 9.18 Å². The van der Waals surface area contributed by atoms with Crippen molar-refractivity contribution in [2.75, 3.05) is 6.54 Å². The van der Waals surface area contributed by atoms with Gasteiger partial charge < -0.3 is 9.88 Å². The Hall–Kier alpha value is -1.32. The Kier molecular flexibility index (Phi) is 1.77. The van der Waals surface area contributed by atoms with E-state index < -0.39 is 0 Å². The van der Waals surface area contributed by atoms with Crippen LogP contribution < -0.4 is 5.32 Å². The van der Waals surface area contributed by atoms with Crippen molar-refractivity contribution in [2.45, 2.75) is 33.2 Å². The van der Waals surface area contributed by atoms with Gasteiger partial charge in [-0.2, -0.15) is 0 Å². The molecule has 0 unspecified atom stereocenters. The van der Waals surface area contributed by atoms with Gasteiger partial charge in [0.25, 0.3) is 5.91 Å². The molecule has 16 heavy (non-hydrogen) atoms. The SMILES string of the molecule is CC1(C)Cc2c(F)c3n(c2C1)CCNC3=O. The summed E-state index contributed by atoms with van der Waals surface area (Å²) in [5, 5.41) is 2.69. The van der Waals surface area contributed by atoms with E-state index in [2.05, 4.69) is 19.2 Å². The Morgan fingerprint density at radius 2 is 2.12 bits per heavy atom. The largest absolute Gasteiger partial charge is 0.349 e. The predicted molar refractivity (Wildman–Crippen MR) is 57.9 cm³/mol. The summed E-state index contributed by atoms with van der Waals surface area (Å²) in [5.41, 5.74) is 2.16. The maximum absolute atomic E-state index is 14.1. The Morgan fingerprint density at radius 3 is 2.88 bits per heavy atom. The minimum absolute atomic E-state index is 0.126. The van der Waals surface area contributed by atoms with Crippen LogP contribution in [0.2, 0.25) is 0 Å². The van der Waals surface area contributed by atoms with E-state index >= 15 is 0 Å². The number of nitrogens with zero attached hydrogens (tertiary/aromatic N) is 1. The lowest BCUT2D eigenvalue weighted by Crippen LogP contribution is -2.36. The Labute approximate surface area is 93.6 Å². The first-order valence-corrected chi connectivity index (χ1v) is 5.67. The monoisotopic (exact) mass is 222 g/mol.